The van der Waals surface area contributed by atoms with E-state index in [1.807, 2.05) is 6.08 Å². The molecular formula is C13H20O. The third-order valence-electron chi connectivity index (χ3n) is 4.12. The van der Waals surface area contributed by atoms with Gasteiger partial charge >= 0.3 is 0 Å². The standard InChI is InChI=1S/C13H20O/c1-5-6-14-12-7-9(2)10-8-11(12)13(10,3)4/h5,7,10-12H,1,6,8H2,2-4H3/t10-,11+,12-/m1/s1. The molecule has 1 nitrogen and oxygen atoms in total. The summed E-state index contributed by atoms with van der Waals surface area (Å²) in [6, 6.07) is 0. The number of rotatable bonds is 3. The van der Waals surface area contributed by atoms with Crippen molar-refractivity contribution in [3.8, 4) is 0 Å². The van der Waals surface area contributed by atoms with Crippen LogP contribution in [0, 0.1) is 17.3 Å². The molecule has 0 heterocycles. The molecule has 3 aliphatic rings. The van der Waals surface area contributed by atoms with Gasteiger partial charge in [-0.05, 0) is 30.6 Å². The lowest BCUT2D eigenvalue weighted by Gasteiger charge is -2.58. The molecular weight excluding hydrogens is 172 g/mol. The molecule has 14 heavy (non-hydrogen) atoms. The molecule has 1 heteroatoms. The van der Waals surface area contributed by atoms with Crippen LogP contribution < -0.4 is 0 Å². The predicted octanol–water partition coefficient (Wildman–Crippen LogP) is 3.18. The predicted molar refractivity (Wildman–Crippen MR) is 59.1 cm³/mol. The zero-order valence-corrected chi connectivity index (χ0v) is 9.42. The molecule has 0 N–H and O–H groups in total. The van der Waals surface area contributed by atoms with Crippen LogP contribution in [0.2, 0.25) is 0 Å². The molecule has 78 valence electrons. The van der Waals surface area contributed by atoms with Crippen LogP contribution >= 0.6 is 0 Å². The molecule has 0 saturated heterocycles. The first-order valence-corrected chi connectivity index (χ1v) is 5.48. The third-order valence-corrected chi connectivity index (χ3v) is 4.12. The summed E-state index contributed by atoms with van der Waals surface area (Å²) in [6.45, 7) is 11.3. The maximum absolute atomic E-state index is 5.79. The Hall–Kier alpha value is -0.560. The van der Waals surface area contributed by atoms with E-state index in [2.05, 4.69) is 33.4 Å². The molecule has 0 spiro atoms. The molecule has 1 saturated carbocycles. The molecule has 0 radical (unpaired) electrons. The Kier molecular flexibility index (Phi) is 2.30. The van der Waals surface area contributed by atoms with Crippen LogP contribution in [-0.2, 0) is 4.74 Å². The molecule has 2 bridgehead atoms. The molecule has 0 amide bonds. The van der Waals surface area contributed by atoms with Crippen LogP contribution in [0.25, 0.3) is 0 Å². The van der Waals surface area contributed by atoms with E-state index in [0.717, 1.165) is 11.8 Å². The van der Waals surface area contributed by atoms with E-state index in [1.165, 1.54) is 12.0 Å². The average molecular weight is 192 g/mol. The highest BCUT2D eigenvalue weighted by atomic mass is 16.5. The first-order valence-electron chi connectivity index (χ1n) is 5.48. The molecule has 0 aromatic heterocycles. The average Bonchev–Trinajstić information content (AvgIpc) is 2.13. The van der Waals surface area contributed by atoms with Crippen molar-refractivity contribution in [1.29, 1.82) is 0 Å². The van der Waals surface area contributed by atoms with Gasteiger partial charge < -0.3 is 4.74 Å². The largest absolute Gasteiger partial charge is 0.370 e. The van der Waals surface area contributed by atoms with Crippen molar-refractivity contribution >= 4 is 0 Å². The highest BCUT2D eigenvalue weighted by molar-refractivity contribution is 5.25. The lowest BCUT2D eigenvalue weighted by molar-refractivity contribution is -0.0973. The van der Waals surface area contributed by atoms with E-state index in [-0.39, 0.29) is 0 Å². The minimum absolute atomic E-state index is 0.327. The van der Waals surface area contributed by atoms with Crippen molar-refractivity contribution in [2.45, 2.75) is 33.3 Å². The van der Waals surface area contributed by atoms with E-state index in [1.54, 1.807) is 0 Å². The number of hydrogen-bond acceptors (Lipinski definition) is 1. The van der Waals surface area contributed by atoms with Gasteiger partial charge in [-0.1, -0.05) is 31.6 Å². The molecule has 0 aromatic carbocycles. The number of ether oxygens (including phenoxy) is 1. The van der Waals surface area contributed by atoms with Crippen molar-refractivity contribution in [3.63, 3.8) is 0 Å². The smallest absolute Gasteiger partial charge is 0.0796 e. The van der Waals surface area contributed by atoms with Crippen LogP contribution in [-0.4, -0.2) is 12.7 Å². The molecule has 0 aliphatic heterocycles. The van der Waals surface area contributed by atoms with E-state index in [4.69, 9.17) is 4.74 Å². The van der Waals surface area contributed by atoms with E-state index >= 15 is 0 Å². The fraction of sp³-hybridized carbons (Fsp3) is 0.692. The Morgan fingerprint density at radius 3 is 2.86 bits per heavy atom. The summed E-state index contributed by atoms with van der Waals surface area (Å²) < 4.78 is 5.79. The Balaban J connectivity index is 2.12. The van der Waals surface area contributed by atoms with Gasteiger partial charge in [-0.25, -0.2) is 0 Å². The fourth-order valence-corrected chi connectivity index (χ4v) is 3.12. The summed E-state index contributed by atoms with van der Waals surface area (Å²) >= 11 is 0. The fourth-order valence-electron chi connectivity index (χ4n) is 3.12. The first-order chi connectivity index (χ1) is 6.57. The van der Waals surface area contributed by atoms with Gasteiger partial charge in [-0.3, -0.25) is 0 Å². The Morgan fingerprint density at radius 2 is 2.36 bits per heavy atom. The van der Waals surface area contributed by atoms with Crippen LogP contribution in [0.5, 0.6) is 0 Å². The lowest BCUT2D eigenvalue weighted by Crippen LogP contribution is -2.54. The van der Waals surface area contributed by atoms with Gasteiger partial charge in [-0.2, -0.15) is 0 Å². The van der Waals surface area contributed by atoms with E-state index < -0.39 is 0 Å². The maximum Gasteiger partial charge on any atom is 0.0796 e. The highest BCUT2D eigenvalue weighted by Gasteiger charge is 2.54. The van der Waals surface area contributed by atoms with Gasteiger partial charge in [0.2, 0.25) is 0 Å². The summed E-state index contributed by atoms with van der Waals surface area (Å²) in [5, 5.41) is 0. The van der Waals surface area contributed by atoms with Crippen molar-refractivity contribution < 1.29 is 4.74 Å². The SMILES string of the molecule is C=CCO[C@@H]1C=C(C)[C@H]2C[C@@H]1C2(C)C. The second-order valence-electron chi connectivity index (χ2n) is 5.21. The summed E-state index contributed by atoms with van der Waals surface area (Å²) in [7, 11) is 0. The highest BCUT2D eigenvalue weighted by Crippen LogP contribution is 2.59. The Bertz CT molecular complexity index is 275. The zero-order valence-electron chi connectivity index (χ0n) is 9.42. The van der Waals surface area contributed by atoms with Crippen LogP contribution in [0.1, 0.15) is 27.2 Å². The van der Waals surface area contributed by atoms with Crippen molar-refractivity contribution in [2.75, 3.05) is 6.61 Å². The second kappa shape index (κ2) is 3.23. The van der Waals surface area contributed by atoms with Crippen molar-refractivity contribution in [2.24, 2.45) is 17.3 Å². The molecule has 1 fully saturated rings. The third kappa shape index (κ3) is 1.26. The second-order valence-corrected chi connectivity index (χ2v) is 5.21. The van der Waals surface area contributed by atoms with Crippen LogP contribution in [0.4, 0.5) is 0 Å². The minimum Gasteiger partial charge on any atom is -0.370 e. The van der Waals surface area contributed by atoms with Gasteiger partial charge in [0.25, 0.3) is 0 Å². The number of hydrogen-bond donors (Lipinski definition) is 0. The number of fused-ring (bicyclic) bond motifs is 1. The Morgan fingerprint density at radius 1 is 1.64 bits per heavy atom. The van der Waals surface area contributed by atoms with E-state index in [9.17, 15) is 0 Å². The Labute approximate surface area is 86.8 Å². The van der Waals surface area contributed by atoms with Gasteiger partial charge in [-0.15, -0.1) is 6.58 Å². The molecule has 0 unspecified atom stereocenters. The normalized spacial score (nSPS) is 38.5. The van der Waals surface area contributed by atoms with Crippen LogP contribution in [0.15, 0.2) is 24.3 Å². The van der Waals surface area contributed by atoms with Crippen molar-refractivity contribution in [3.05, 3.63) is 24.3 Å². The topological polar surface area (TPSA) is 9.23 Å². The summed E-state index contributed by atoms with van der Waals surface area (Å²) in [6.07, 6.45) is 5.79. The molecule has 3 rings (SSSR count). The first kappa shape index (κ1) is 9.97. The molecule has 0 aromatic rings. The minimum atomic E-state index is 0.327. The quantitative estimate of drug-likeness (QED) is 0.624. The molecule has 3 atom stereocenters. The van der Waals surface area contributed by atoms with Gasteiger partial charge in [0, 0.05) is 0 Å². The zero-order chi connectivity index (χ0) is 10.3. The maximum atomic E-state index is 5.79. The van der Waals surface area contributed by atoms with Crippen molar-refractivity contribution in [1.82, 2.24) is 0 Å². The van der Waals surface area contributed by atoms with E-state index in [0.29, 0.717) is 18.1 Å². The summed E-state index contributed by atoms with van der Waals surface area (Å²) in [5.41, 5.74) is 1.97. The van der Waals surface area contributed by atoms with Gasteiger partial charge in [0.15, 0.2) is 0 Å². The van der Waals surface area contributed by atoms with Gasteiger partial charge in [0.1, 0.15) is 0 Å². The molecule has 3 aliphatic carbocycles. The lowest BCUT2D eigenvalue weighted by atomic mass is 9.48. The summed E-state index contributed by atoms with van der Waals surface area (Å²) in [5.74, 6) is 1.52. The van der Waals surface area contributed by atoms with Crippen LogP contribution in [0.3, 0.4) is 0 Å². The van der Waals surface area contributed by atoms with Gasteiger partial charge in [0.05, 0.1) is 12.7 Å². The monoisotopic (exact) mass is 192 g/mol. The summed E-state index contributed by atoms with van der Waals surface area (Å²) in [4.78, 5) is 0. The number of allylic oxidation sites excluding steroid dienone is 1.